The lowest BCUT2D eigenvalue weighted by atomic mass is 9.93. The number of rotatable bonds is 8. The quantitative estimate of drug-likeness (QED) is 0.0993. The molecule has 2 atom stereocenters. The summed E-state index contributed by atoms with van der Waals surface area (Å²) in [5, 5.41) is 3.34. The largest absolute Gasteiger partial charge is 0.490 e. The number of amides is 1. The number of methoxy groups -OCH3 is 1. The predicted octanol–water partition coefficient (Wildman–Crippen LogP) is 9.97. The summed E-state index contributed by atoms with van der Waals surface area (Å²) in [5.41, 5.74) is 8.09. The van der Waals surface area contributed by atoms with E-state index in [4.69, 9.17) is 28.9 Å². The molecule has 11 heteroatoms. The standard InChI is InChI=1S/C45H57FN4O5Si/c1-26(2)56(27(3)4,28(5)6)19-17-35-38(46)15-12-30-20-33(54-25-52-11)21-36(39(30)35)41-42-40-34(16-18-53-42)29(7)48-43(37(40)22-47-41)49-23-31-13-14-32(24-49)50(31)44(51)55-45(8,9)10/h12,15,20-22,26-28,31-32H,13-14,16,18,23-25H2,1-11H3/t31-,32+. The third kappa shape index (κ3) is 6.97. The smallest absolute Gasteiger partial charge is 0.410 e. The topological polar surface area (TPSA) is 86.3 Å². The molecule has 7 rings (SSSR count). The molecule has 56 heavy (non-hydrogen) atoms. The fourth-order valence-corrected chi connectivity index (χ4v) is 15.0. The highest BCUT2D eigenvalue weighted by atomic mass is 28.3. The van der Waals surface area contributed by atoms with Crippen LogP contribution in [0.15, 0.2) is 30.5 Å². The van der Waals surface area contributed by atoms with Crippen LogP contribution in [0, 0.1) is 24.2 Å². The Balaban J connectivity index is 1.41. The van der Waals surface area contributed by atoms with Crippen LogP contribution in [-0.2, 0) is 15.9 Å². The number of nitrogens with zero attached hydrogens (tertiary/aromatic N) is 4. The molecule has 298 valence electrons. The number of carbonyl (C=O) groups excluding carboxylic acids is 1. The van der Waals surface area contributed by atoms with Gasteiger partial charge in [-0.2, -0.15) is 0 Å². The second kappa shape index (κ2) is 15.2. The number of pyridine rings is 2. The highest BCUT2D eigenvalue weighted by Gasteiger charge is 2.45. The molecular formula is C45H57FN4O5Si. The first-order valence-electron chi connectivity index (χ1n) is 20.2. The van der Waals surface area contributed by atoms with Crippen molar-refractivity contribution in [3.05, 3.63) is 53.1 Å². The summed E-state index contributed by atoms with van der Waals surface area (Å²) < 4.78 is 40.0. The summed E-state index contributed by atoms with van der Waals surface area (Å²) in [5.74, 6) is 5.16. The van der Waals surface area contributed by atoms with Gasteiger partial charge in [0, 0.05) is 60.2 Å². The molecule has 5 heterocycles. The van der Waals surface area contributed by atoms with Crippen molar-refractivity contribution in [2.75, 3.05) is 38.5 Å². The van der Waals surface area contributed by atoms with Gasteiger partial charge in [-0.25, -0.2) is 14.2 Å². The summed E-state index contributed by atoms with van der Waals surface area (Å²) in [6, 6.07) is 7.16. The first kappa shape index (κ1) is 39.8. The first-order valence-corrected chi connectivity index (χ1v) is 22.4. The van der Waals surface area contributed by atoms with E-state index in [1.165, 1.54) is 6.07 Å². The maximum Gasteiger partial charge on any atom is 0.410 e. The van der Waals surface area contributed by atoms with Gasteiger partial charge in [0.15, 0.2) is 12.5 Å². The van der Waals surface area contributed by atoms with E-state index in [-0.39, 0.29) is 30.8 Å². The fourth-order valence-electron chi connectivity index (χ4n) is 9.79. The maximum absolute atomic E-state index is 16.3. The minimum Gasteiger partial charge on any atom is -0.490 e. The summed E-state index contributed by atoms with van der Waals surface area (Å²) in [6.45, 7) is 23.2. The van der Waals surface area contributed by atoms with Crippen LogP contribution in [-0.4, -0.2) is 80.3 Å². The van der Waals surface area contributed by atoms with E-state index in [0.717, 1.165) is 46.1 Å². The molecule has 2 saturated heterocycles. The van der Waals surface area contributed by atoms with Crippen molar-refractivity contribution < 1.29 is 28.1 Å². The van der Waals surface area contributed by atoms with Crippen molar-refractivity contribution in [2.24, 2.45) is 0 Å². The lowest BCUT2D eigenvalue weighted by Crippen LogP contribution is -2.57. The van der Waals surface area contributed by atoms with Crippen molar-refractivity contribution in [1.29, 1.82) is 0 Å². The van der Waals surface area contributed by atoms with Gasteiger partial charge in [-0.15, -0.1) is 5.54 Å². The highest BCUT2D eigenvalue weighted by Crippen LogP contribution is 2.47. The van der Waals surface area contributed by atoms with Crippen LogP contribution >= 0.6 is 0 Å². The van der Waals surface area contributed by atoms with Gasteiger partial charge in [0.05, 0.1) is 24.3 Å². The number of aromatic nitrogens is 2. The summed E-state index contributed by atoms with van der Waals surface area (Å²) in [4.78, 5) is 27.9. The van der Waals surface area contributed by atoms with Gasteiger partial charge < -0.3 is 23.8 Å². The molecule has 9 nitrogen and oxygen atoms in total. The SMILES string of the molecule is COCOc1cc(-c2ncc3c(N4C[C@H]5CC[C@@H](C4)N5C(=O)OC(C)(C)C)nc(C)c4c3c2OCC4)c2c(C#C[Si](C(C)C)(C(C)C)C(C)C)c(F)ccc2c1. The molecule has 0 saturated carbocycles. The van der Waals surface area contributed by atoms with Crippen LogP contribution in [0.2, 0.25) is 16.6 Å². The van der Waals surface area contributed by atoms with Crippen LogP contribution in [0.3, 0.4) is 0 Å². The Morgan fingerprint density at radius 3 is 2.34 bits per heavy atom. The van der Waals surface area contributed by atoms with Crippen LogP contribution < -0.4 is 14.4 Å². The molecule has 0 spiro atoms. The molecule has 0 radical (unpaired) electrons. The van der Waals surface area contributed by atoms with Gasteiger partial charge in [-0.3, -0.25) is 9.88 Å². The normalized spacial score (nSPS) is 18.2. The molecule has 0 N–H and O–H groups in total. The van der Waals surface area contributed by atoms with Crippen LogP contribution in [0.1, 0.15) is 92.0 Å². The molecule has 3 aliphatic heterocycles. The summed E-state index contributed by atoms with van der Waals surface area (Å²) in [7, 11) is -0.620. The van der Waals surface area contributed by atoms with Gasteiger partial charge in [-0.05, 0) is 86.3 Å². The van der Waals surface area contributed by atoms with E-state index < -0.39 is 13.7 Å². The number of aryl methyl sites for hydroxylation is 1. The molecule has 2 aromatic heterocycles. The van der Waals surface area contributed by atoms with Crippen LogP contribution in [0.5, 0.6) is 11.5 Å². The van der Waals surface area contributed by atoms with Crippen molar-refractivity contribution in [1.82, 2.24) is 14.9 Å². The number of hydrogen-bond acceptors (Lipinski definition) is 8. The molecule has 0 aliphatic carbocycles. The molecular weight excluding hydrogens is 724 g/mol. The van der Waals surface area contributed by atoms with E-state index in [9.17, 15) is 4.79 Å². The third-order valence-corrected chi connectivity index (χ3v) is 18.5. The minimum absolute atomic E-state index is 0.0239. The summed E-state index contributed by atoms with van der Waals surface area (Å²) in [6.07, 6.45) is 4.18. The minimum atomic E-state index is -2.20. The second-order valence-electron chi connectivity index (χ2n) is 17.7. The zero-order chi connectivity index (χ0) is 40.3. The highest BCUT2D eigenvalue weighted by molar-refractivity contribution is 6.90. The van der Waals surface area contributed by atoms with Crippen molar-refractivity contribution >= 4 is 41.5 Å². The number of anilines is 1. The van der Waals surface area contributed by atoms with E-state index in [1.54, 1.807) is 13.2 Å². The van der Waals surface area contributed by atoms with Crippen LogP contribution in [0.4, 0.5) is 15.0 Å². The molecule has 4 aromatic rings. The van der Waals surface area contributed by atoms with E-state index in [2.05, 4.69) is 64.8 Å². The first-order chi connectivity index (χ1) is 26.5. The Morgan fingerprint density at radius 2 is 1.71 bits per heavy atom. The summed E-state index contributed by atoms with van der Waals surface area (Å²) >= 11 is 0. The Hall–Kier alpha value is -4.40. The van der Waals surface area contributed by atoms with Gasteiger partial charge in [0.2, 0.25) is 0 Å². The fraction of sp³-hybridized carbons (Fsp3) is 0.533. The van der Waals surface area contributed by atoms with Crippen molar-refractivity contribution in [2.45, 2.75) is 123 Å². The second-order valence-corrected chi connectivity index (χ2v) is 23.3. The average Bonchev–Trinajstić information content (AvgIpc) is 3.41. The molecule has 1 amide bonds. The van der Waals surface area contributed by atoms with Crippen LogP contribution in [0.25, 0.3) is 32.8 Å². The van der Waals surface area contributed by atoms with Gasteiger partial charge in [0.25, 0.3) is 0 Å². The van der Waals surface area contributed by atoms with Crippen molar-refractivity contribution in [3.63, 3.8) is 0 Å². The number of fused-ring (bicyclic) bond motifs is 3. The Bertz CT molecular complexity index is 2200. The Labute approximate surface area is 332 Å². The third-order valence-electron chi connectivity index (χ3n) is 12.2. The number of benzene rings is 2. The maximum atomic E-state index is 16.3. The zero-order valence-corrected chi connectivity index (χ0v) is 35.9. The zero-order valence-electron chi connectivity index (χ0n) is 34.9. The number of ether oxygens (including phenoxy) is 4. The average molecular weight is 781 g/mol. The number of carbonyl (C=O) groups is 1. The van der Waals surface area contributed by atoms with E-state index in [1.807, 2.05) is 44.0 Å². The number of hydrogen-bond donors (Lipinski definition) is 0. The Kier molecular flexibility index (Phi) is 10.8. The van der Waals surface area contributed by atoms with Gasteiger partial charge in [0.1, 0.15) is 36.8 Å². The Morgan fingerprint density at radius 1 is 1.04 bits per heavy atom. The lowest BCUT2D eigenvalue weighted by molar-refractivity contribution is 0.0123. The molecule has 2 fully saturated rings. The monoisotopic (exact) mass is 780 g/mol. The van der Waals surface area contributed by atoms with Gasteiger partial charge in [-0.1, -0.05) is 53.5 Å². The predicted molar refractivity (Wildman–Crippen MR) is 224 cm³/mol. The number of piperazine rings is 1. The molecule has 2 aromatic carbocycles. The van der Waals surface area contributed by atoms with E-state index in [0.29, 0.717) is 76.4 Å². The van der Waals surface area contributed by atoms with E-state index >= 15 is 4.39 Å². The number of halogens is 1. The molecule has 3 aliphatic rings. The molecule has 2 bridgehead atoms. The molecule has 0 unspecified atom stereocenters. The lowest BCUT2D eigenvalue weighted by Gasteiger charge is -2.42. The van der Waals surface area contributed by atoms with Gasteiger partial charge >= 0.3 is 6.09 Å². The van der Waals surface area contributed by atoms with Crippen molar-refractivity contribution in [3.8, 4) is 34.2 Å².